The van der Waals surface area contributed by atoms with E-state index in [2.05, 4.69) is 10.3 Å². The second-order valence-corrected chi connectivity index (χ2v) is 8.07. The summed E-state index contributed by atoms with van der Waals surface area (Å²) in [4.78, 5) is 40.6. The van der Waals surface area contributed by atoms with E-state index >= 15 is 0 Å². The Bertz CT molecular complexity index is 996. The monoisotopic (exact) mass is 488 g/mol. The van der Waals surface area contributed by atoms with Crippen LogP contribution in [0, 0.1) is 5.92 Å². The summed E-state index contributed by atoms with van der Waals surface area (Å²) in [5.41, 5.74) is -0.142. The summed E-state index contributed by atoms with van der Waals surface area (Å²) in [5.74, 6) is -0.988. The number of nitrogens with zero attached hydrogens (tertiary/aromatic N) is 1. The lowest BCUT2D eigenvalue weighted by atomic mass is 10.0. The minimum absolute atomic E-state index is 0.0289. The second kappa shape index (κ2) is 13.2. The normalized spacial score (nSPS) is 13.2. The third-order valence-corrected chi connectivity index (χ3v) is 4.91. The van der Waals surface area contributed by atoms with Crippen LogP contribution in [0.2, 0.25) is 0 Å². The van der Waals surface area contributed by atoms with Gasteiger partial charge in [-0.15, -0.1) is 0 Å². The molecular formula is C25H32N2O8. The summed E-state index contributed by atoms with van der Waals surface area (Å²) >= 11 is 0. The van der Waals surface area contributed by atoms with E-state index in [1.165, 1.54) is 33.2 Å². The maximum Gasteiger partial charge on any atom is 0.328 e. The molecule has 2 rings (SSSR count). The van der Waals surface area contributed by atoms with Crippen LogP contribution < -0.4 is 19.5 Å². The third kappa shape index (κ3) is 8.16. The van der Waals surface area contributed by atoms with Crippen molar-refractivity contribution in [3.8, 4) is 17.2 Å². The van der Waals surface area contributed by atoms with Gasteiger partial charge in [0.2, 0.25) is 6.79 Å². The molecule has 0 aliphatic carbocycles. The summed E-state index contributed by atoms with van der Waals surface area (Å²) in [5, 5.41) is 2.55. The summed E-state index contributed by atoms with van der Waals surface area (Å²) in [6.07, 6.45) is 0.372. The maximum atomic E-state index is 12.9. The molecule has 0 unspecified atom stereocenters. The average Bonchev–Trinajstić information content (AvgIpc) is 2.82. The Morgan fingerprint density at radius 2 is 1.71 bits per heavy atom. The van der Waals surface area contributed by atoms with Crippen LogP contribution in [0.25, 0.3) is 0 Å². The van der Waals surface area contributed by atoms with E-state index in [-0.39, 0.29) is 23.1 Å². The number of amides is 1. The maximum absolute atomic E-state index is 12.9. The van der Waals surface area contributed by atoms with Crippen LogP contribution in [0.4, 0.5) is 0 Å². The molecule has 1 aromatic carbocycles. The van der Waals surface area contributed by atoms with Crippen LogP contribution >= 0.6 is 0 Å². The van der Waals surface area contributed by atoms with Crippen LogP contribution in [0.15, 0.2) is 42.6 Å². The molecule has 10 nitrogen and oxygen atoms in total. The van der Waals surface area contributed by atoms with Crippen molar-refractivity contribution in [2.75, 3.05) is 13.9 Å². The van der Waals surface area contributed by atoms with Gasteiger partial charge >= 0.3 is 11.9 Å². The molecule has 0 aliphatic heterocycles. The van der Waals surface area contributed by atoms with E-state index in [1.54, 1.807) is 6.92 Å². The van der Waals surface area contributed by atoms with Gasteiger partial charge in [-0.3, -0.25) is 9.59 Å². The van der Waals surface area contributed by atoms with Crippen molar-refractivity contribution in [3.05, 3.63) is 48.3 Å². The fourth-order valence-corrected chi connectivity index (χ4v) is 3.17. The molecule has 0 fully saturated rings. The van der Waals surface area contributed by atoms with E-state index in [4.69, 9.17) is 23.7 Å². The molecule has 2 aromatic rings. The molecule has 0 radical (unpaired) electrons. The molecule has 0 saturated heterocycles. The summed E-state index contributed by atoms with van der Waals surface area (Å²) in [6, 6.07) is 9.75. The first-order chi connectivity index (χ1) is 16.6. The van der Waals surface area contributed by atoms with Crippen molar-refractivity contribution in [1.29, 1.82) is 0 Å². The number of rotatable bonds is 12. The Morgan fingerprint density at radius 3 is 2.31 bits per heavy atom. The Morgan fingerprint density at radius 1 is 1.03 bits per heavy atom. The number of esters is 2. The molecule has 1 aromatic heterocycles. The zero-order valence-corrected chi connectivity index (χ0v) is 20.8. The van der Waals surface area contributed by atoms with Crippen molar-refractivity contribution in [2.24, 2.45) is 5.92 Å². The number of methoxy groups -OCH3 is 1. The van der Waals surface area contributed by atoms with Crippen molar-refractivity contribution in [3.63, 3.8) is 0 Å². The number of hydrogen-bond donors (Lipinski definition) is 1. The highest BCUT2D eigenvalue weighted by Crippen LogP contribution is 2.29. The van der Waals surface area contributed by atoms with Gasteiger partial charge in [0.05, 0.1) is 7.11 Å². The van der Waals surface area contributed by atoms with Gasteiger partial charge in [0.1, 0.15) is 24.0 Å². The Labute approximate surface area is 204 Å². The van der Waals surface area contributed by atoms with Gasteiger partial charge in [-0.2, -0.15) is 0 Å². The van der Waals surface area contributed by atoms with Crippen molar-refractivity contribution in [1.82, 2.24) is 10.3 Å². The molecule has 35 heavy (non-hydrogen) atoms. The second-order valence-electron chi connectivity index (χ2n) is 8.07. The number of benzene rings is 1. The topological polar surface area (TPSA) is 122 Å². The first-order valence-corrected chi connectivity index (χ1v) is 11.2. The molecule has 0 bridgehead atoms. The smallest absolute Gasteiger partial charge is 0.328 e. The SMILES string of the molecule is COc1ccnc(C(=O)N[C@H](C)C(=O)O[C@H](C)[C@@H](Oc2ccccc2)C(C)C)c1OCOC(C)=O. The van der Waals surface area contributed by atoms with Crippen molar-refractivity contribution in [2.45, 2.75) is 52.9 Å². The predicted molar refractivity (Wildman–Crippen MR) is 126 cm³/mol. The zero-order valence-electron chi connectivity index (χ0n) is 20.8. The number of nitrogens with one attached hydrogen (secondary N) is 1. The van der Waals surface area contributed by atoms with Gasteiger partial charge in [-0.1, -0.05) is 32.0 Å². The van der Waals surface area contributed by atoms with Gasteiger partial charge in [0, 0.05) is 19.2 Å². The number of hydrogen-bond acceptors (Lipinski definition) is 9. The van der Waals surface area contributed by atoms with Gasteiger partial charge in [0.15, 0.2) is 17.2 Å². The van der Waals surface area contributed by atoms with Gasteiger partial charge in [-0.25, -0.2) is 9.78 Å². The predicted octanol–water partition coefficient (Wildman–Crippen LogP) is 3.14. The summed E-state index contributed by atoms with van der Waals surface area (Å²) < 4.78 is 27.0. The van der Waals surface area contributed by atoms with Crippen LogP contribution in [0.1, 0.15) is 45.1 Å². The lowest BCUT2D eigenvalue weighted by Gasteiger charge is -2.29. The van der Waals surface area contributed by atoms with Crippen LogP contribution in [-0.2, 0) is 19.1 Å². The summed E-state index contributed by atoms with van der Waals surface area (Å²) in [6.45, 7) is 7.95. The van der Waals surface area contributed by atoms with Gasteiger partial charge in [0.25, 0.3) is 5.91 Å². The molecule has 1 amide bonds. The molecule has 10 heteroatoms. The zero-order chi connectivity index (χ0) is 26.0. The van der Waals surface area contributed by atoms with E-state index in [0.29, 0.717) is 5.75 Å². The number of aromatic nitrogens is 1. The first-order valence-electron chi connectivity index (χ1n) is 11.2. The minimum atomic E-state index is -0.996. The lowest BCUT2D eigenvalue weighted by Crippen LogP contribution is -2.44. The molecule has 0 spiro atoms. The Kier molecular flexibility index (Phi) is 10.3. The van der Waals surface area contributed by atoms with Crippen molar-refractivity contribution < 1.29 is 38.1 Å². The molecule has 1 heterocycles. The third-order valence-electron chi connectivity index (χ3n) is 4.91. The number of carbonyl (C=O) groups excluding carboxylic acids is 3. The molecule has 0 saturated carbocycles. The largest absolute Gasteiger partial charge is 0.493 e. The standard InChI is InChI=1S/C25H32N2O8/c1-15(2)22(35-19-10-8-7-9-11-19)17(4)34-25(30)16(3)27-24(29)21-23(33-14-32-18(5)28)20(31-6)12-13-26-21/h7-13,15-17,22H,14H2,1-6H3,(H,27,29)/t16-,17-,22+/m1/s1. The number of para-hydroxylation sites is 1. The fraction of sp³-hybridized carbons (Fsp3) is 0.440. The lowest BCUT2D eigenvalue weighted by molar-refractivity contribution is -0.156. The molecule has 1 N–H and O–H groups in total. The number of carbonyl (C=O) groups is 3. The van der Waals surface area contributed by atoms with Crippen LogP contribution in [0.3, 0.4) is 0 Å². The Hall–Kier alpha value is -3.82. The molecule has 3 atom stereocenters. The number of pyridine rings is 1. The highest BCUT2D eigenvalue weighted by Gasteiger charge is 2.29. The first kappa shape index (κ1) is 27.4. The van der Waals surface area contributed by atoms with E-state index in [1.807, 2.05) is 44.2 Å². The van der Waals surface area contributed by atoms with Gasteiger partial charge in [-0.05, 0) is 31.9 Å². The molecular weight excluding hydrogens is 456 g/mol. The van der Waals surface area contributed by atoms with Crippen LogP contribution in [-0.4, -0.2) is 55.0 Å². The highest BCUT2D eigenvalue weighted by atomic mass is 16.7. The van der Waals surface area contributed by atoms with E-state index < -0.39 is 42.9 Å². The molecule has 190 valence electrons. The fourth-order valence-electron chi connectivity index (χ4n) is 3.17. The summed E-state index contributed by atoms with van der Waals surface area (Å²) in [7, 11) is 1.39. The van der Waals surface area contributed by atoms with E-state index in [0.717, 1.165) is 0 Å². The minimum Gasteiger partial charge on any atom is -0.493 e. The molecule has 0 aliphatic rings. The van der Waals surface area contributed by atoms with Gasteiger partial charge < -0.3 is 29.0 Å². The number of ether oxygens (including phenoxy) is 5. The van der Waals surface area contributed by atoms with Crippen LogP contribution in [0.5, 0.6) is 17.2 Å². The Balaban J connectivity index is 2.06. The highest BCUT2D eigenvalue weighted by molar-refractivity contribution is 5.98. The van der Waals surface area contributed by atoms with Crippen molar-refractivity contribution >= 4 is 17.8 Å². The quantitative estimate of drug-likeness (QED) is 0.355. The van der Waals surface area contributed by atoms with E-state index in [9.17, 15) is 14.4 Å². The average molecular weight is 489 g/mol.